The molecule has 3 N–H and O–H groups in total. The first-order chi connectivity index (χ1) is 16.0. The summed E-state index contributed by atoms with van der Waals surface area (Å²) in [6.45, 7) is 2.04. The molecule has 0 spiro atoms. The number of hydrogen-bond acceptors (Lipinski definition) is 6. The van der Waals surface area contributed by atoms with Crippen molar-refractivity contribution < 1.29 is 24.8 Å². The van der Waals surface area contributed by atoms with Crippen LogP contribution in [0.2, 0.25) is 5.02 Å². The Morgan fingerprint density at radius 1 is 1.24 bits per heavy atom. The average molecular weight is 469 g/mol. The third-order valence-corrected chi connectivity index (χ3v) is 5.70. The summed E-state index contributed by atoms with van der Waals surface area (Å²) >= 11 is 6.49. The van der Waals surface area contributed by atoms with E-state index >= 15 is 0 Å². The minimum absolute atomic E-state index is 0.199. The van der Waals surface area contributed by atoms with Gasteiger partial charge in [0.2, 0.25) is 0 Å². The molecule has 1 aromatic heterocycles. The minimum atomic E-state index is -0.756. The summed E-state index contributed by atoms with van der Waals surface area (Å²) in [6.07, 6.45) is 1.47. The van der Waals surface area contributed by atoms with Crippen molar-refractivity contribution in [3.05, 3.63) is 71.3 Å². The van der Waals surface area contributed by atoms with Gasteiger partial charge in [0.25, 0.3) is 0 Å². The van der Waals surface area contributed by atoms with Crippen LogP contribution in [-0.2, 0) is 4.74 Å². The summed E-state index contributed by atoms with van der Waals surface area (Å²) in [5.41, 5.74) is 2.55. The van der Waals surface area contributed by atoms with E-state index < -0.39 is 24.4 Å². The smallest absolute Gasteiger partial charge is 0.150 e. The molecule has 1 saturated heterocycles. The van der Waals surface area contributed by atoms with Gasteiger partial charge >= 0.3 is 0 Å². The molecule has 1 fully saturated rings. The van der Waals surface area contributed by atoms with Crippen LogP contribution in [0.3, 0.4) is 0 Å². The predicted molar refractivity (Wildman–Crippen MR) is 124 cm³/mol. The predicted octanol–water partition coefficient (Wildman–Crippen LogP) is 2.98. The first-order valence-corrected chi connectivity index (χ1v) is 11.0. The minimum Gasteiger partial charge on any atom is -0.485 e. The van der Waals surface area contributed by atoms with E-state index in [9.17, 15) is 15.3 Å². The van der Waals surface area contributed by atoms with Gasteiger partial charge < -0.3 is 29.4 Å². The van der Waals surface area contributed by atoms with E-state index in [4.69, 9.17) is 21.1 Å². The van der Waals surface area contributed by atoms with Crippen LogP contribution in [0.5, 0.6) is 5.75 Å². The van der Waals surface area contributed by atoms with Gasteiger partial charge in [-0.25, -0.2) is 4.98 Å². The zero-order valence-corrected chi connectivity index (χ0v) is 18.8. The molecule has 172 valence electrons. The Hall–Kier alpha value is -2.86. The van der Waals surface area contributed by atoms with Gasteiger partial charge in [-0.15, -0.1) is 0 Å². The lowest BCUT2D eigenvalue weighted by Crippen LogP contribution is -2.29. The van der Waals surface area contributed by atoms with Crippen LogP contribution in [0.25, 0.3) is 11.1 Å². The SMILES string of the molecule is C[C@H](O)c1nccn1C(C#Cc1ccc(-c2ccc(O[C@H]3COC[C@@H]3O)cc2Cl)cc1)CO. The Balaban J connectivity index is 1.48. The van der Waals surface area contributed by atoms with Crippen LogP contribution in [0.15, 0.2) is 54.9 Å². The second-order valence-corrected chi connectivity index (χ2v) is 8.22. The van der Waals surface area contributed by atoms with Crippen molar-refractivity contribution >= 4 is 11.6 Å². The zero-order valence-electron chi connectivity index (χ0n) is 18.1. The van der Waals surface area contributed by atoms with Gasteiger partial charge in [-0.2, -0.15) is 0 Å². The Labute approximate surface area is 197 Å². The van der Waals surface area contributed by atoms with E-state index in [0.29, 0.717) is 23.2 Å². The maximum atomic E-state index is 9.84. The fraction of sp³-hybridized carbons (Fsp3) is 0.320. The highest BCUT2D eigenvalue weighted by atomic mass is 35.5. The quantitative estimate of drug-likeness (QED) is 0.481. The Kier molecular flexibility index (Phi) is 7.33. The van der Waals surface area contributed by atoms with Gasteiger partial charge in [-0.3, -0.25) is 0 Å². The van der Waals surface area contributed by atoms with Crippen LogP contribution in [0.1, 0.15) is 30.5 Å². The molecule has 7 nitrogen and oxygen atoms in total. The van der Waals surface area contributed by atoms with Crippen molar-refractivity contribution in [2.45, 2.75) is 31.3 Å². The van der Waals surface area contributed by atoms with Gasteiger partial charge in [-0.1, -0.05) is 35.6 Å². The molecular formula is C25H25ClN2O5. The fourth-order valence-corrected chi connectivity index (χ4v) is 3.91. The molecule has 0 amide bonds. The lowest BCUT2D eigenvalue weighted by molar-refractivity contribution is 0.0734. The monoisotopic (exact) mass is 468 g/mol. The molecule has 0 bridgehead atoms. The van der Waals surface area contributed by atoms with Crippen molar-refractivity contribution in [2.75, 3.05) is 19.8 Å². The van der Waals surface area contributed by atoms with Gasteiger partial charge in [0.15, 0.2) is 0 Å². The molecule has 33 heavy (non-hydrogen) atoms. The largest absolute Gasteiger partial charge is 0.485 e. The summed E-state index contributed by atoms with van der Waals surface area (Å²) in [5.74, 6) is 7.14. The second-order valence-electron chi connectivity index (χ2n) is 7.82. The second kappa shape index (κ2) is 10.4. The molecule has 1 aliphatic rings. The molecule has 0 aliphatic carbocycles. The molecule has 0 radical (unpaired) electrons. The summed E-state index contributed by atoms with van der Waals surface area (Å²) in [4.78, 5) is 4.13. The highest BCUT2D eigenvalue weighted by Gasteiger charge is 2.28. The number of nitrogens with zero attached hydrogens (tertiary/aromatic N) is 2. The highest BCUT2D eigenvalue weighted by Crippen LogP contribution is 2.32. The van der Waals surface area contributed by atoms with E-state index in [1.807, 2.05) is 36.4 Å². The van der Waals surface area contributed by atoms with Crippen LogP contribution >= 0.6 is 11.6 Å². The molecule has 1 unspecified atom stereocenters. The molecule has 4 rings (SSSR count). The van der Waals surface area contributed by atoms with Gasteiger partial charge in [0, 0.05) is 23.5 Å². The standard InChI is InChI=1S/C25H25ClN2O5/c1-16(30)25-27-10-11-28(25)19(13-29)7-4-17-2-5-18(6-3-17)21-9-8-20(12-22(21)26)33-24-15-32-14-23(24)31/h2-3,5-6,8-12,16,19,23-24,29-31H,13-15H2,1H3/t16-,19?,23-,24-/m0/s1. The van der Waals surface area contributed by atoms with Gasteiger partial charge in [0.05, 0.1) is 24.8 Å². The van der Waals surface area contributed by atoms with Gasteiger partial charge in [0.1, 0.15) is 35.9 Å². The number of rotatable bonds is 6. The van der Waals surface area contributed by atoms with E-state index in [2.05, 4.69) is 16.8 Å². The summed E-state index contributed by atoms with van der Waals surface area (Å²) in [5, 5.41) is 30.0. The van der Waals surface area contributed by atoms with E-state index in [0.717, 1.165) is 16.7 Å². The summed E-state index contributed by atoms with van der Waals surface area (Å²) in [7, 11) is 0. The number of aliphatic hydroxyl groups excluding tert-OH is 3. The molecule has 3 aromatic rings. The van der Waals surface area contributed by atoms with Crippen LogP contribution in [0, 0.1) is 11.8 Å². The summed E-state index contributed by atoms with van der Waals surface area (Å²) in [6, 6.07) is 12.5. The number of ether oxygens (including phenoxy) is 2. The molecule has 2 aromatic carbocycles. The molecule has 8 heteroatoms. The first-order valence-electron chi connectivity index (χ1n) is 10.6. The van der Waals surface area contributed by atoms with Crippen molar-refractivity contribution in [1.82, 2.24) is 9.55 Å². The molecule has 2 heterocycles. The molecular weight excluding hydrogens is 444 g/mol. The van der Waals surface area contributed by atoms with Crippen LogP contribution in [0.4, 0.5) is 0 Å². The maximum absolute atomic E-state index is 9.84. The number of aromatic nitrogens is 2. The first kappa shape index (κ1) is 23.3. The number of hydrogen-bond donors (Lipinski definition) is 3. The molecule has 0 saturated carbocycles. The van der Waals surface area contributed by atoms with E-state index in [-0.39, 0.29) is 13.2 Å². The maximum Gasteiger partial charge on any atom is 0.150 e. The van der Waals surface area contributed by atoms with Crippen molar-refractivity contribution in [2.24, 2.45) is 0 Å². The Bertz CT molecular complexity index is 1150. The Morgan fingerprint density at radius 2 is 2.03 bits per heavy atom. The lowest BCUT2D eigenvalue weighted by Gasteiger charge is -2.16. The fourth-order valence-electron chi connectivity index (χ4n) is 3.63. The number of benzene rings is 2. The van der Waals surface area contributed by atoms with Crippen molar-refractivity contribution in [3.8, 4) is 28.7 Å². The van der Waals surface area contributed by atoms with Crippen molar-refractivity contribution in [1.29, 1.82) is 0 Å². The molecule has 4 atom stereocenters. The van der Waals surface area contributed by atoms with Crippen LogP contribution < -0.4 is 4.74 Å². The highest BCUT2D eigenvalue weighted by molar-refractivity contribution is 6.33. The number of halogens is 1. The average Bonchev–Trinajstić information content (AvgIpc) is 3.45. The Morgan fingerprint density at radius 3 is 2.67 bits per heavy atom. The third-order valence-electron chi connectivity index (χ3n) is 5.39. The number of imidazole rings is 1. The van der Waals surface area contributed by atoms with E-state index in [1.165, 1.54) is 0 Å². The third kappa shape index (κ3) is 5.38. The normalized spacial score (nSPS) is 19.5. The lowest BCUT2D eigenvalue weighted by atomic mass is 10.0. The number of aliphatic hydroxyl groups is 3. The zero-order chi connectivity index (χ0) is 23.4. The van der Waals surface area contributed by atoms with Crippen molar-refractivity contribution in [3.63, 3.8) is 0 Å². The topological polar surface area (TPSA) is 97.0 Å². The van der Waals surface area contributed by atoms with Crippen LogP contribution in [-0.4, -0.2) is 56.9 Å². The van der Waals surface area contributed by atoms with E-state index in [1.54, 1.807) is 30.0 Å². The van der Waals surface area contributed by atoms with Gasteiger partial charge in [-0.05, 0) is 42.8 Å². The summed E-state index contributed by atoms with van der Waals surface area (Å²) < 4.78 is 12.7. The molecule has 1 aliphatic heterocycles.